The van der Waals surface area contributed by atoms with Gasteiger partial charge in [0.1, 0.15) is 6.07 Å². The molecule has 1 aliphatic heterocycles. The van der Waals surface area contributed by atoms with Crippen LogP contribution in [-0.2, 0) is 10.0 Å². The molecule has 1 aliphatic carbocycles. The summed E-state index contributed by atoms with van der Waals surface area (Å²) in [4.78, 5) is 6.72. The van der Waals surface area contributed by atoms with Crippen LogP contribution in [0.1, 0.15) is 44.6 Å². The van der Waals surface area contributed by atoms with Crippen LogP contribution in [0, 0.1) is 17.2 Å². The van der Waals surface area contributed by atoms with Gasteiger partial charge >= 0.3 is 0 Å². The normalized spacial score (nSPS) is 19.4. The molecule has 1 unspecified atom stereocenters. The van der Waals surface area contributed by atoms with Crippen molar-refractivity contribution >= 4 is 45.6 Å². The summed E-state index contributed by atoms with van der Waals surface area (Å²) in [5.41, 5.74) is 1.64. The number of halogens is 1. The van der Waals surface area contributed by atoms with Crippen LogP contribution in [-0.4, -0.2) is 58.9 Å². The van der Waals surface area contributed by atoms with Gasteiger partial charge in [-0.1, -0.05) is 18.6 Å². The van der Waals surface area contributed by atoms with Crippen LogP contribution >= 0.6 is 24.0 Å². The van der Waals surface area contributed by atoms with E-state index >= 15 is 0 Å². The summed E-state index contributed by atoms with van der Waals surface area (Å²) in [5, 5.41) is 16.1. The van der Waals surface area contributed by atoms with Gasteiger partial charge in [-0.2, -0.15) is 5.26 Å². The number of piperidine rings is 1. The lowest BCUT2D eigenvalue weighted by molar-refractivity contribution is 0.316. The highest BCUT2D eigenvalue weighted by atomic mass is 127. The van der Waals surface area contributed by atoms with Crippen LogP contribution in [0.2, 0.25) is 0 Å². The fourth-order valence-corrected chi connectivity index (χ4v) is 4.93. The minimum absolute atomic E-state index is 0. The molecule has 0 aromatic heterocycles. The Morgan fingerprint density at radius 2 is 2.03 bits per heavy atom. The smallest absolute Gasteiger partial charge is 0.213 e. The average Bonchev–Trinajstić information content (AvgIpc) is 2.72. The van der Waals surface area contributed by atoms with E-state index in [1.807, 2.05) is 31.2 Å². The maximum atomic E-state index is 12.2. The molecule has 1 saturated heterocycles. The molecule has 1 aromatic carbocycles. The molecular formula is C22H35IN6O2S. The Morgan fingerprint density at radius 1 is 1.25 bits per heavy atom. The molecule has 0 amide bonds. The van der Waals surface area contributed by atoms with E-state index in [1.165, 1.54) is 6.42 Å². The molecule has 32 heavy (non-hydrogen) atoms. The third-order valence-corrected chi connectivity index (χ3v) is 7.24. The van der Waals surface area contributed by atoms with Crippen molar-refractivity contribution in [3.63, 3.8) is 0 Å². The van der Waals surface area contributed by atoms with Gasteiger partial charge in [0.2, 0.25) is 10.0 Å². The first-order chi connectivity index (χ1) is 15.0. The Labute approximate surface area is 209 Å². The number of sulfonamides is 1. The topological polar surface area (TPSA) is 110 Å². The SMILES string of the molecule is CCNC(=NCCS(=O)(=O)NCC1CCC1)NC1CCCN(c2ccccc2C#N)C1.I. The lowest BCUT2D eigenvalue weighted by Crippen LogP contribution is -2.51. The highest BCUT2D eigenvalue weighted by Gasteiger charge is 2.23. The second-order valence-electron chi connectivity index (χ2n) is 8.28. The van der Waals surface area contributed by atoms with Gasteiger partial charge < -0.3 is 15.5 Å². The number of benzene rings is 1. The lowest BCUT2D eigenvalue weighted by Gasteiger charge is -2.35. The quantitative estimate of drug-likeness (QED) is 0.238. The minimum Gasteiger partial charge on any atom is -0.368 e. The summed E-state index contributed by atoms with van der Waals surface area (Å²) < 4.78 is 27.1. The lowest BCUT2D eigenvalue weighted by atomic mass is 9.86. The molecule has 1 saturated carbocycles. The monoisotopic (exact) mass is 574 g/mol. The van der Waals surface area contributed by atoms with Gasteiger partial charge in [-0.15, -0.1) is 24.0 Å². The molecule has 8 nitrogen and oxygen atoms in total. The molecule has 178 valence electrons. The summed E-state index contributed by atoms with van der Waals surface area (Å²) in [6, 6.07) is 10.1. The predicted molar refractivity (Wildman–Crippen MR) is 140 cm³/mol. The van der Waals surface area contributed by atoms with Gasteiger partial charge in [0, 0.05) is 32.2 Å². The van der Waals surface area contributed by atoms with Crippen LogP contribution in [0.25, 0.3) is 0 Å². The number of aliphatic imine (C=N–C) groups is 1. The molecule has 2 aliphatic rings. The van der Waals surface area contributed by atoms with E-state index in [0.29, 0.717) is 30.5 Å². The summed E-state index contributed by atoms with van der Waals surface area (Å²) in [6.45, 7) is 5.13. The molecule has 10 heteroatoms. The van der Waals surface area contributed by atoms with Crippen LogP contribution in [0.4, 0.5) is 5.69 Å². The fourth-order valence-electron chi connectivity index (χ4n) is 3.96. The third-order valence-electron chi connectivity index (χ3n) is 5.92. The standard InChI is InChI=1S/C22H34N6O2S.HI/c1-2-24-22(25-12-14-31(29,30)26-16-18-7-5-8-18)27-20-10-6-13-28(17-20)21-11-4-3-9-19(21)15-23;/h3-4,9,11,18,20,26H,2,5-8,10,12-14,16-17H2,1H3,(H2,24,25,27);1H. The van der Waals surface area contributed by atoms with Gasteiger partial charge in [0.15, 0.2) is 5.96 Å². The number of nitriles is 1. The minimum atomic E-state index is -3.30. The zero-order valence-corrected chi connectivity index (χ0v) is 21.9. The molecular weight excluding hydrogens is 539 g/mol. The van der Waals surface area contributed by atoms with E-state index in [0.717, 1.165) is 44.5 Å². The van der Waals surface area contributed by atoms with Crippen molar-refractivity contribution in [2.45, 2.75) is 45.1 Å². The van der Waals surface area contributed by atoms with E-state index in [1.54, 1.807) is 0 Å². The van der Waals surface area contributed by atoms with Crippen molar-refractivity contribution in [3.05, 3.63) is 29.8 Å². The van der Waals surface area contributed by atoms with Gasteiger partial charge in [-0.25, -0.2) is 13.1 Å². The highest BCUT2D eigenvalue weighted by molar-refractivity contribution is 14.0. The van der Waals surface area contributed by atoms with Crippen molar-refractivity contribution in [2.75, 3.05) is 43.4 Å². The number of guanidine groups is 1. The van der Waals surface area contributed by atoms with Crippen molar-refractivity contribution in [1.82, 2.24) is 15.4 Å². The van der Waals surface area contributed by atoms with E-state index in [4.69, 9.17) is 0 Å². The predicted octanol–water partition coefficient (Wildman–Crippen LogP) is 2.42. The van der Waals surface area contributed by atoms with E-state index < -0.39 is 10.0 Å². The van der Waals surface area contributed by atoms with Crippen LogP contribution in [0.5, 0.6) is 0 Å². The molecule has 2 fully saturated rings. The van der Waals surface area contributed by atoms with Crippen molar-refractivity contribution in [2.24, 2.45) is 10.9 Å². The molecule has 0 bridgehead atoms. The zero-order valence-electron chi connectivity index (χ0n) is 18.7. The number of para-hydroxylation sites is 1. The van der Waals surface area contributed by atoms with Crippen LogP contribution < -0.4 is 20.3 Å². The summed E-state index contributed by atoms with van der Waals surface area (Å²) in [5.74, 6) is 1.12. The largest absolute Gasteiger partial charge is 0.368 e. The number of rotatable bonds is 9. The first-order valence-electron chi connectivity index (χ1n) is 11.3. The van der Waals surface area contributed by atoms with Crippen molar-refractivity contribution in [3.8, 4) is 6.07 Å². The Hall–Kier alpha value is -1.58. The van der Waals surface area contributed by atoms with Crippen molar-refractivity contribution < 1.29 is 8.42 Å². The molecule has 3 N–H and O–H groups in total. The Bertz CT molecular complexity index is 898. The van der Waals surface area contributed by atoms with E-state index in [9.17, 15) is 13.7 Å². The van der Waals surface area contributed by atoms with Crippen molar-refractivity contribution in [1.29, 1.82) is 5.26 Å². The van der Waals surface area contributed by atoms with E-state index in [2.05, 4.69) is 31.3 Å². The molecule has 0 spiro atoms. The zero-order chi connectivity index (χ0) is 22.1. The third kappa shape index (κ3) is 8.08. The molecule has 3 rings (SSSR count). The first-order valence-corrected chi connectivity index (χ1v) is 12.9. The van der Waals surface area contributed by atoms with Gasteiger partial charge in [-0.3, -0.25) is 4.99 Å². The Morgan fingerprint density at radius 3 is 2.72 bits per heavy atom. The molecule has 1 aromatic rings. The van der Waals surface area contributed by atoms with Gasteiger partial charge in [-0.05, 0) is 50.7 Å². The Kier molecular flexibility index (Phi) is 11.0. The first kappa shape index (κ1) is 26.7. The number of anilines is 1. The summed E-state index contributed by atoms with van der Waals surface area (Å²) in [7, 11) is -3.30. The van der Waals surface area contributed by atoms with E-state index in [-0.39, 0.29) is 42.3 Å². The second kappa shape index (κ2) is 13.2. The average molecular weight is 575 g/mol. The van der Waals surface area contributed by atoms with Crippen LogP contribution in [0.3, 0.4) is 0 Å². The highest BCUT2D eigenvalue weighted by Crippen LogP contribution is 2.25. The fraction of sp³-hybridized carbons (Fsp3) is 0.636. The molecule has 0 radical (unpaired) electrons. The number of hydrogen-bond acceptors (Lipinski definition) is 5. The second-order valence-corrected chi connectivity index (χ2v) is 10.2. The van der Waals surface area contributed by atoms with Gasteiger partial charge in [0.05, 0.1) is 23.5 Å². The molecule has 1 heterocycles. The van der Waals surface area contributed by atoms with Crippen LogP contribution in [0.15, 0.2) is 29.3 Å². The number of nitrogens with zero attached hydrogens (tertiary/aromatic N) is 3. The summed E-state index contributed by atoms with van der Waals surface area (Å²) in [6.07, 6.45) is 5.45. The Balaban J connectivity index is 0.00000363. The maximum absolute atomic E-state index is 12.2. The van der Waals surface area contributed by atoms with Gasteiger partial charge in [0.25, 0.3) is 0 Å². The summed E-state index contributed by atoms with van der Waals surface area (Å²) >= 11 is 0. The number of hydrogen-bond donors (Lipinski definition) is 3. The number of nitrogens with one attached hydrogen (secondary N) is 3. The molecule has 1 atom stereocenters. The maximum Gasteiger partial charge on any atom is 0.213 e.